The quantitative estimate of drug-likeness (QED) is 0.679. The van der Waals surface area contributed by atoms with Gasteiger partial charge in [0.15, 0.2) is 0 Å². The van der Waals surface area contributed by atoms with Gasteiger partial charge in [0.1, 0.15) is 12.4 Å². The van der Waals surface area contributed by atoms with Gasteiger partial charge in [-0.2, -0.15) is 0 Å². The van der Waals surface area contributed by atoms with E-state index < -0.39 is 0 Å². The third kappa shape index (κ3) is 2.15. The highest BCUT2D eigenvalue weighted by molar-refractivity contribution is 5.12. The van der Waals surface area contributed by atoms with Crippen LogP contribution in [0.25, 0.3) is 0 Å². The van der Waals surface area contributed by atoms with Crippen LogP contribution in [0.4, 0.5) is 0 Å². The molecule has 13 heavy (non-hydrogen) atoms. The van der Waals surface area contributed by atoms with Gasteiger partial charge in [0.25, 0.3) is 0 Å². The van der Waals surface area contributed by atoms with Gasteiger partial charge in [0.05, 0.1) is 13.2 Å². The fourth-order valence-electron chi connectivity index (χ4n) is 1.27. The van der Waals surface area contributed by atoms with Gasteiger partial charge in [-0.25, -0.2) is 9.97 Å². The molecule has 0 N–H and O–H groups in total. The van der Waals surface area contributed by atoms with Gasteiger partial charge < -0.3 is 9.47 Å². The van der Waals surface area contributed by atoms with Crippen LogP contribution in [0.3, 0.4) is 0 Å². The second-order valence-electron chi connectivity index (χ2n) is 3.10. The third-order valence-corrected chi connectivity index (χ3v) is 1.95. The molecule has 4 heteroatoms. The number of aromatic nitrogens is 2. The largest absolute Gasteiger partial charge is 0.472 e. The summed E-state index contributed by atoms with van der Waals surface area (Å²) < 4.78 is 10.8. The highest BCUT2D eigenvalue weighted by Gasteiger charge is 2.17. The van der Waals surface area contributed by atoms with E-state index in [1.807, 2.05) is 13.0 Å². The standard InChI is InChI=1S/C9H12N2O2/c1-7-4-9(11-6-10-7)13-8-2-3-12-5-8/h4,6,8H,2-3,5H2,1H3. The van der Waals surface area contributed by atoms with Gasteiger partial charge in [-0.15, -0.1) is 0 Å². The molecule has 1 unspecified atom stereocenters. The van der Waals surface area contributed by atoms with Crippen molar-refractivity contribution in [2.75, 3.05) is 13.2 Å². The van der Waals surface area contributed by atoms with E-state index in [1.165, 1.54) is 6.33 Å². The van der Waals surface area contributed by atoms with Crippen molar-refractivity contribution in [3.63, 3.8) is 0 Å². The highest BCUT2D eigenvalue weighted by atomic mass is 16.5. The Morgan fingerprint density at radius 1 is 1.54 bits per heavy atom. The van der Waals surface area contributed by atoms with Crippen LogP contribution in [0.2, 0.25) is 0 Å². The van der Waals surface area contributed by atoms with Crippen molar-refractivity contribution in [3.8, 4) is 5.88 Å². The Labute approximate surface area is 76.9 Å². The van der Waals surface area contributed by atoms with Crippen molar-refractivity contribution < 1.29 is 9.47 Å². The molecule has 1 aromatic rings. The summed E-state index contributed by atoms with van der Waals surface area (Å²) in [5.74, 6) is 0.642. The van der Waals surface area contributed by atoms with Crippen LogP contribution in [0.5, 0.6) is 5.88 Å². The Morgan fingerprint density at radius 3 is 3.15 bits per heavy atom. The van der Waals surface area contributed by atoms with Crippen LogP contribution in [-0.4, -0.2) is 29.3 Å². The van der Waals surface area contributed by atoms with Gasteiger partial charge in [-0.3, -0.25) is 0 Å². The smallest absolute Gasteiger partial charge is 0.216 e. The summed E-state index contributed by atoms with van der Waals surface area (Å²) in [6, 6.07) is 1.83. The molecule has 1 saturated heterocycles. The average molecular weight is 180 g/mol. The van der Waals surface area contributed by atoms with Crippen LogP contribution in [0.1, 0.15) is 12.1 Å². The lowest BCUT2D eigenvalue weighted by molar-refractivity contribution is 0.138. The first-order valence-electron chi connectivity index (χ1n) is 4.37. The lowest BCUT2D eigenvalue weighted by atomic mass is 10.3. The Bertz CT molecular complexity index is 285. The normalized spacial score (nSPS) is 21.8. The number of hydrogen-bond acceptors (Lipinski definition) is 4. The first-order valence-corrected chi connectivity index (χ1v) is 4.37. The minimum atomic E-state index is 0.161. The molecule has 1 aromatic heterocycles. The Hall–Kier alpha value is -1.16. The summed E-state index contributed by atoms with van der Waals surface area (Å²) in [5, 5.41) is 0. The molecule has 1 aliphatic heterocycles. The second-order valence-corrected chi connectivity index (χ2v) is 3.10. The van der Waals surface area contributed by atoms with E-state index in [0.29, 0.717) is 12.5 Å². The number of nitrogens with zero attached hydrogens (tertiary/aromatic N) is 2. The fourth-order valence-corrected chi connectivity index (χ4v) is 1.27. The van der Waals surface area contributed by atoms with Crippen LogP contribution in [-0.2, 0) is 4.74 Å². The topological polar surface area (TPSA) is 44.2 Å². The van der Waals surface area contributed by atoms with Gasteiger partial charge in [-0.05, 0) is 6.92 Å². The maximum atomic E-state index is 5.58. The maximum absolute atomic E-state index is 5.58. The van der Waals surface area contributed by atoms with Crippen molar-refractivity contribution >= 4 is 0 Å². The lowest BCUT2D eigenvalue weighted by Gasteiger charge is -2.09. The van der Waals surface area contributed by atoms with Crippen LogP contribution in [0, 0.1) is 6.92 Å². The SMILES string of the molecule is Cc1cc(OC2CCOC2)ncn1. The molecule has 0 saturated carbocycles. The molecule has 2 heterocycles. The molecule has 1 aliphatic rings. The number of rotatable bonds is 2. The monoisotopic (exact) mass is 180 g/mol. The average Bonchev–Trinajstić information content (AvgIpc) is 2.57. The minimum absolute atomic E-state index is 0.161. The van der Waals surface area contributed by atoms with E-state index >= 15 is 0 Å². The minimum Gasteiger partial charge on any atom is -0.472 e. The van der Waals surface area contributed by atoms with E-state index in [2.05, 4.69) is 9.97 Å². The molecular weight excluding hydrogens is 168 g/mol. The molecule has 1 atom stereocenters. The molecule has 0 amide bonds. The predicted octanol–water partition coefficient (Wildman–Crippen LogP) is 0.953. The summed E-state index contributed by atoms with van der Waals surface area (Å²) >= 11 is 0. The third-order valence-electron chi connectivity index (χ3n) is 1.95. The summed E-state index contributed by atoms with van der Waals surface area (Å²) in [6.07, 6.45) is 2.62. The van der Waals surface area contributed by atoms with Crippen LogP contribution >= 0.6 is 0 Å². The van der Waals surface area contributed by atoms with E-state index in [-0.39, 0.29) is 6.10 Å². The predicted molar refractivity (Wildman–Crippen MR) is 46.6 cm³/mol. The maximum Gasteiger partial charge on any atom is 0.216 e. The molecular formula is C9H12N2O2. The summed E-state index contributed by atoms with van der Waals surface area (Å²) in [6.45, 7) is 3.37. The first-order chi connectivity index (χ1) is 6.34. The molecule has 0 bridgehead atoms. The summed E-state index contributed by atoms with van der Waals surface area (Å²) in [4.78, 5) is 8.01. The zero-order valence-electron chi connectivity index (χ0n) is 7.56. The van der Waals surface area contributed by atoms with Crippen LogP contribution in [0.15, 0.2) is 12.4 Å². The van der Waals surface area contributed by atoms with Crippen molar-refractivity contribution in [2.45, 2.75) is 19.4 Å². The molecule has 0 spiro atoms. The zero-order chi connectivity index (χ0) is 9.10. The van der Waals surface area contributed by atoms with Gasteiger partial charge >= 0.3 is 0 Å². The van der Waals surface area contributed by atoms with E-state index in [1.54, 1.807) is 0 Å². The Morgan fingerprint density at radius 2 is 2.46 bits per heavy atom. The van der Waals surface area contributed by atoms with E-state index in [4.69, 9.17) is 9.47 Å². The summed E-state index contributed by atoms with van der Waals surface area (Å²) in [7, 11) is 0. The lowest BCUT2D eigenvalue weighted by Crippen LogP contribution is -2.16. The van der Waals surface area contributed by atoms with Crippen molar-refractivity contribution in [2.24, 2.45) is 0 Å². The molecule has 70 valence electrons. The van der Waals surface area contributed by atoms with Crippen LogP contribution < -0.4 is 4.74 Å². The Balaban J connectivity index is 2.00. The van der Waals surface area contributed by atoms with Gasteiger partial charge in [0.2, 0.25) is 5.88 Å². The number of aryl methyl sites for hydroxylation is 1. The van der Waals surface area contributed by atoms with Crippen molar-refractivity contribution in [1.29, 1.82) is 0 Å². The molecule has 1 fully saturated rings. The number of ether oxygens (including phenoxy) is 2. The molecule has 0 aliphatic carbocycles. The first kappa shape index (κ1) is 8.44. The van der Waals surface area contributed by atoms with Crippen molar-refractivity contribution in [1.82, 2.24) is 9.97 Å². The molecule has 4 nitrogen and oxygen atoms in total. The molecule has 0 aromatic carbocycles. The molecule has 0 radical (unpaired) electrons. The van der Waals surface area contributed by atoms with Crippen molar-refractivity contribution in [3.05, 3.63) is 18.1 Å². The highest BCUT2D eigenvalue weighted by Crippen LogP contribution is 2.13. The van der Waals surface area contributed by atoms with Gasteiger partial charge in [-0.1, -0.05) is 0 Å². The van der Waals surface area contributed by atoms with Gasteiger partial charge in [0, 0.05) is 18.2 Å². The van der Waals surface area contributed by atoms with E-state index in [9.17, 15) is 0 Å². The van der Waals surface area contributed by atoms with E-state index in [0.717, 1.165) is 18.7 Å². The Kier molecular flexibility index (Phi) is 2.40. The number of hydrogen-bond donors (Lipinski definition) is 0. The summed E-state index contributed by atoms with van der Waals surface area (Å²) in [5.41, 5.74) is 0.920. The molecule has 2 rings (SSSR count). The zero-order valence-corrected chi connectivity index (χ0v) is 7.56. The fraction of sp³-hybridized carbons (Fsp3) is 0.556. The second kappa shape index (κ2) is 3.70.